The van der Waals surface area contributed by atoms with Gasteiger partial charge >= 0.3 is 11.7 Å². The summed E-state index contributed by atoms with van der Waals surface area (Å²) < 4.78 is 32.7. The van der Waals surface area contributed by atoms with E-state index in [0.29, 0.717) is 41.7 Å². The summed E-state index contributed by atoms with van der Waals surface area (Å²) in [4.78, 5) is 25.7. The second-order valence-electron chi connectivity index (χ2n) is 4.59. The number of amides is 1. The van der Waals surface area contributed by atoms with Gasteiger partial charge in [-0.25, -0.2) is 18.4 Å². The zero-order valence-corrected chi connectivity index (χ0v) is 11.3. The Labute approximate surface area is 122 Å². The standard InChI is InChI=1S/C12H11F2N5O3/c13-8-5-9(14)7-10(6-8)18-12(21)19(16-15-18)11(20)17-1-3-22-4-2-17/h5-7H,1-4H2. The quantitative estimate of drug-likeness (QED) is 0.693. The molecule has 1 aromatic carbocycles. The largest absolute Gasteiger partial charge is 0.378 e. The smallest absolute Gasteiger partial charge is 0.377 e. The van der Waals surface area contributed by atoms with E-state index in [9.17, 15) is 18.4 Å². The van der Waals surface area contributed by atoms with Gasteiger partial charge in [-0.1, -0.05) is 0 Å². The molecule has 1 fully saturated rings. The van der Waals surface area contributed by atoms with Crippen LogP contribution in [0.25, 0.3) is 5.69 Å². The minimum absolute atomic E-state index is 0.150. The van der Waals surface area contributed by atoms with Gasteiger partial charge in [0.2, 0.25) is 0 Å². The molecule has 22 heavy (non-hydrogen) atoms. The van der Waals surface area contributed by atoms with Gasteiger partial charge in [-0.2, -0.15) is 4.68 Å². The van der Waals surface area contributed by atoms with Crippen molar-refractivity contribution in [2.24, 2.45) is 0 Å². The molecule has 2 heterocycles. The van der Waals surface area contributed by atoms with Crippen LogP contribution >= 0.6 is 0 Å². The Hall–Kier alpha value is -2.62. The first-order chi connectivity index (χ1) is 10.6. The Balaban J connectivity index is 1.94. The number of nitrogens with zero attached hydrogens (tertiary/aromatic N) is 5. The van der Waals surface area contributed by atoms with Crippen molar-refractivity contribution in [1.82, 2.24) is 24.7 Å². The number of tetrazole rings is 1. The van der Waals surface area contributed by atoms with Gasteiger partial charge in [0.15, 0.2) is 0 Å². The monoisotopic (exact) mass is 311 g/mol. The molecule has 1 aliphatic rings. The SMILES string of the molecule is O=C(N1CCOCC1)n1nnn(-c2cc(F)cc(F)c2)c1=O. The van der Waals surface area contributed by atoms with Crippen LogP contribution in [0, 0.1) is 11.6 Å². The van der Waals surface area contributed by atoms with Crippen LogP contribution in [0.4, 0.5) is 13.6 Å². The number of hydrogen-bond acceptors (Lipinski definition) is 5. The second-order valence-corrected chi connectivity index (χ2v) is 4.59. The van der Waals surface area contributed by atoms with Gasteiger partial charge in [0.25, 0.3) is 0 Å². The molecule has 0 aliphatic carbocycles. The van der Waals surface area contributed by atoms with Crippen LogP contribution < -0.4 is 5.69 Å². The van der Waals surface area contributed by atoms with E-state index < -0.39 is 23.4 Å². The van der Waals surface area contributed by atoms with E-state index in [-0.39, 0.29) is 5.69 Å². The lowest BCUT2D eigenvalue weighted by molar-refractivity contribution is 0.0525. The molecular weight excluding hydrogens is 300 g/mol. The average molecular weight is 311 g/mol. The highest BCUT2D eigenvalue weighted by Crippen LogP contribution is 2.10. The first-order valence-electron chi connectivity index (χ1n) is 6.45. The summed E-state index contributed by atoms with van der Waals surface area (Å²) in [5.41, 5.74) is -1.05. The third-order valence-electron chi connectivity index (χ3n) is 3.14. The molecule has 1 saturated heterocycles. The maximum atomic E-state index is 13.2. The van der Waals surface area contributed by atoms with Gasteiger partial charge in [-0.15, -0.1) is 4.68 Å². The average Bonchev–Trinajstić information content (AvgIpc) is 2.88. The Kier molecular flexibility index (Phi) is 3.67. The van der Waals surface area contributed by atoms with E-state index in [1.54, 1.807) is 0 Å². The first kappa shape index (κ1) is 14.3. The molecule has 0 radical (unpaired) electrons. The summed E-state index contributed by atoms with van der Waals surface area (Å²) in [5, 5.41) is 6.96. The van der Waals surface area contributed by atoms with Gasteiger partial charge in [0.05, 0.1) is 18.9 Å². The van der Waals surface area contributed by atoms with Crippen molar-refractivity contribution in [3.8, 4) is 5.69 Å². The molecule has 0 spiro atoms. The predicted octanol–water partition coefficient (Wildman–Crippen LogP) is 0.00750. The molecule has 0 unspecified atom stereocenters. The molecule has 0 bridgehead atoms. The Morgan fingerprint density at radius 1 is 1.09 bits per heavy atom. The van der Waals surface area contributed by atoms with Crippen LogP contribution in [0.3, 0.4) is 0 Å². The highest BCUT2D eigenvalue weighted by atomic mass is 19.1. The Bertz CT molecular complexity index is 746. The number of carbonyl (C=O) groups is 1. The fraction of sp³-hybridized carbons (Fsp3) is 0.333. The van der Waals surface area contributed by atoms with Crippen LogP contribution in [0.2, 0.25) is 0 Å². The zero-order valence-electron chi connectivity index (χ0n) is 11.3. The van der Waals surface area contributed by atoms with Crippen LogP contribution in [0.1, 0.15) is 0 Å². The summed E-state index contributed by atoms with van der Waals surface area (Å²) in [5.74, 6) is -1.73. The molecule has 3 rings (SSSR count). The lowest BCUT2D eigenvalue weighted by Gasteiger charge is -2.25. The van der Waals surface area contributed by atoms with Gasteiger partial charge in [0.1, 0.15) is 11.6 Å². The maximum Gasteiger partial charge on any atom is 0.377 e. The van der Waals surface area contributed by atoms with Crippen molar-refractivity contribution < 1.29 is 18.3 Å². The number of halogens is 2. The summed E-state index contributed by atoms with van der Waals surface area (Å²) in [6.07, 6.45) is 0. The van der Waals surface area contributed by atoms with Crippen LogP contribution in [0.5, 0.6) is 0 Å². The number of aromatic nitrogens is 4. The molecule has 0 N–H and O–H groups in total. The highest BCUT2D eigenvalue weighted by molar-refractivity contribution is 5.75. The summed E-state index contributed by atoms with van der Waals surface area (Å²) in [6, 6.07) is 1.85. The van der Waals surface area contributed by atoms with E-state index in [1.165, 1.54) is 4.90 Å². The van der Waals surface area contributed by atoms with Crippen molar-refractivity contribution in [3.63, 3.8) is 0 Å². The van der Waals surface area contributed by atoms with Gasteiger partial charge < -0.3 is 9.64 Å². The predicted molar refractivity (Wildman–Crippen MR) is 68.7 cm³/mol. The summed E-state index contributed by atoms with van der Waals surface area (Å²) in [6.45, 7) is 1.38. The molecule has 0 atom stereocenters. The Morgan fingerprint density at radius 3 is 2.36 bits per heavy atom. The van der Waals surface area contributed by atoms with Crippen molar-refractivity contribution in [2.45, 2.75) is 0 Å². The number of carbonyl (C=O) groups excluding carboxylic acids is 1. The van der Waals surface area contributed by atoms with Crippen LogP contribution in [-0.4, -0.2) is 57.0 Å². The molecule has 116 valence electrons. The van der Waals surface area contributed by atoms with E-state index in [2.05, 4.69) is 10.4 Å². The fourth-order valence-corrected chi connectivity index (χ4v) is 2.08. The van der Waals surface area contributed by atoms with Gasteiger partial charge in [-0.05, 0) is 10.4 Å². The number of benzene rings is 1. The fourth-order valence-electron chi connectivity index (χ4n) is 2.08. The topological polar surface area (TPSA) is 82.2 Å². The first-order valence-corrected chi connectivity index (χ1v) is 6.45. The van der Waals surface area contributed by atoms with E-state index in [4.69, 9.17) is 4.74 Å². The number of rotatable bonds is 1. The maximum absolute atomic E-state index is 13.2. The molecule has 1 aliphatic heterocycles. The van der Waals surface area contributed by atoms with Gasteiger partial charge in [0, 0.05) is 31.3 Å². The third kappa shape index (κ3) is 2.60. The molecule has 0 saturated carbocycles. The molecule has 1 aromatic heterocycles. The number of ether oxygens (including phenoxy) is 1. The normalized spacial score (nSPS) is 15.1. The summed E-state index contributed by atoms with van der Waals surface area (Å²) >= 11 is 0. The van der Waals surface area contributed by atoms with Crippen molar-refractivity contribution in [3.05, 3.63) is 40.3 Å². The van der Waals surface area contributed by atoms with Crippen LogP contribution in [0.15, 0.2) is 23.0 Å². The number of morpholine rings is 1. The lowest BCUT2D eigenvalue weighted by Crippen LogP contribution is -2.46. The molecule has 8 nitrogen and oxygen atoms in total. The molecule has 1 amide bonds. The van der Waals surface area contributed by atoms with Crippen molar-refractivity contribution in [1.29, 1.82) is 0 Å². The van der Waals surface area contributed by atoms with E-state index in [1.807, 2.05) is 0 Å². The minimum atomic E-state index is -0.901. The van der Waals surface area contributed by atoms with Crippen molar-refractivity contribution >= 4 is 6.03 Å². The second kappa shape index (κ2) is 5.64. The molecular formula is C12H11F2N5O3. The third-order valence-corrected chi connectivity index (χ3v) is 3.14. The minimum Gasteiger partial charge on any atom is -0.378 e. The summed E-state index contributed by atoms with van der Waals surface area (Å²) in [7, 11) is 0. The van der Waals surface area contributed by atoms with E-state index in [0.717, 1.165) is 12.1 Å². The molecule has 2 aromatic rings. The van der Waals surface area contributed by atoms with Gasteiger partial charge in [-0.3, -0.25) is 0 Å². The Morgan fingerprint density at radius 2 is 1.73 bits per heavy atom. The molecule has 10 heteroatoms. The van der Waals surface area contributed by atoms with Crippen molar-refractivity contribution in [2.75, 3.05) is 26.3 Å². The lowest BCUT2D eigenvalue weighted by atomic mass is 10.3. The van der Waals surface area contributed by atoms with E-state index >= 15 is 0 Å². The number of hydrogen-bond donors (Lipinski definition) is 0. The zero-order chi connectivity index (χ0) is 15.7. The highest BCUT2D eigenvalue weighted by Gasteiger charge is 2.23. The van der Waals surface area contributed by atoms with Crippen LogP contribution in [-0.2, 0) is 4.74 Å².